The molecule has 55 heavy (non-hydrogen) atoms. The molecule has 2 aromatic rings. The topological polar surface area (TPSA) is 24.7 Å². The van der Waals surface area contributed by atoms with Crippen molar-refractivity contribution < 1.29 is 16.5 Å². The van der Waals surface area contributed by atoms with Gasteiger partial charge in [-0.15, -0.1) is 0 Å². The van der Waals surface area contributed by atoms with E-state index in [1.807, 2.05) is 0 Å². The number of benzene rings is 2. The second-order valence-electron chi connectivity index (χ2n) is 16.2. The molecule has 0 heterocycles. The number of allylic oxidation sites excluding steroid dienone is 2. The fourth-order valence-electron chi connectivity index (χ4n) is 7.57. The van der Waals surface area contributed by atoms with Crippen molar-refractivity contribution in [3.05, 3.63) is 72.3 Å². The van der Waals surface area contributed by atoms with Crippen LogP contribution in [0.2, 0.25) is 0 Å². The first kappa shape index (κ1) is 51.0. The van der Waals surface area contributed by atoms with E-state index in [1.165, 1.54) is 197 Å². The van der Waals surface area contributed by atoms with E-state index in [0.717, 1.165) is 43.5 Å². The number of hydrogen-bond donors (Lipinski definition) is 0. The van der Waals surface area contributed by atoms with Gasteiger partial charge in [-0.25, -0.2) is 0 Å². The molecule has 0 bridgehead atoms. The first-order valence-corrected chi connectivity index (χ1v) is 23.7. The molecule has 0 N–H and O–H groups in total. The van der Waals surface area contributed by atoms with Crippen molar-refractivity contribution in [2.45, 2.75) is 233 Å². The standard InChI is InChI=1S/C52H86N2.Ni/c1-4-7-10-12-13-14-15-16-17-18-19-20-21-22-23-24-25-26-27-28-29-30-31-32-33-35-41-48-42-39-40-46-50(48)54-52(45-9-6-3)51(47-38-11-8-5-2)53-49-43-36-34-37-44-49;/h32-34,36-37,39-40,42-44,46H,4-31,35,38,41,45,47H2,1-3H3;/b33-32+,53-51+,54-52+;. The molecule has 2 aromatic carbocycles. The van der Waals surface area contributed by atoms with Gasteiger partial charge in [0.15, 0.2) is 0 Å². The van der Waals surface area contributed by atoms with Gasteiger partial charge >= 0.3 is 0 Å². The zero-order valence-corrected chi connectivity index (χ0v) is 37.4. The summed E-state index contributed by atoms with van der Waals surface area (Å²) in [5.41, 5.74) is 5.89. The monoisotopic (exact) mass is 797 g/mol. The van der Waals surface area contributed by atoms with Crippen molar-refractivity contribution in [1.82, 2.24) is 0 Å². The van der Waals surface area contributed by atoms with Gasteiger partial charge in [-0.05, 0) is 75.1 Å². The van der Waals surface area contributed by atoms with E-state index in [0.29, 0.717) is 0 Å². The van der Waals surface area contributed by atoms with Crippen LogP contribution in [-0.4, -0.2) is 11.4 Å². The third kappa shape index (κ3) is 29.0. The molecule has 0 fully saturated rings. The molecule has 2 nitrogen and oxygen atoms in total. The fraction of sp³-hybridized carbons (Fsp3) is 0.692. The quantitative estimate of drug-likeness (QED) is 0.0282. The second kappa shape index (κ2) is 38.9. The number of rotatable bonds is 37. The first-order valence-electron chi connectivity index (χ1n) is 23.7. The Morgan fingerprint density at radius 2 is 0.800 bits per heavy atom. The van der Waals surface area contributed by atoms with Crippen molar-refractivity contribution in [2.75, 3.05) is 0 Å². The fourth-order valence-corrected chi connectivity index (χ4v) is 7.57. The van der Waals surface area contributed by atoms with E-state index in [9.17, 15) is 0 Å². The molecule has 0 radical (unpaired) electrons. The van der Waals surface area contributed by atoms with Crippen LogP contribution in [0, 0.1) is 0 Å². The van der Waals surface area contributed by atoms with Crippen LogP contribution in [0.15, 0.2) is 76.7 Å². The molecule has 0 aliphatic rings. The Morgan fingerprint density at radius 1 is 0.400 bits per heavy atom. The summed E-state index contributed by atoms with van der Waals surface area (Å²) in [7, 11) is 0. The van der Waals surface area contributed by atoms with Crippen molar-refractivity contribution >= 4 is 22.8 Å². The van der Waals surface area contributed by atoms with Crippen LogP contribution in [0.1, 0.15) is 232 Å². The summed E-state index contributed by atoms with van der Waals surface area (Å²) >= 11 is 0. The Labute approximate surface area is 352 Å². The number of aliphatic imine (C=N–C) groups is 2. The van der Waals surface area contributed by atoms with Gasteiger partial charge in [-0.2, -0.15) is 0 Å². The molecule has 0 atom stereocenters. The van der Waals surface area contributed by atoms with Gasteiger partial charge in [-0.1, -0.05) is 230 Å². The molecule has 0 aliphatic carbocycles. The van der Waals surface area contributed by atoms with Crippen LogP contribution in [0.4, 0.5) is 11.4 Å². The van der Waals surface area contributed by atoms with Crippen molar-refractivity contribution in [2.24, 2.45) is 9.98 Å². The van der Waals surface area contributed by atoms with Gasteiger partial charge in [-0.3, -0.25) is 9.98 Å². The van der Waals surface area contributed by atoms with Crippen LogP contribution >= 0.6 is 0 Å². The third-order valence-corrected chi connectivity index (χ3v) is 11.1. The van der Waals surface area contributed by atoms with Crippen LogP contribution in [-0.2, 0) is 22.9 Å². The smallest absolute Gasteiger partial charge is 0.0665 e. The largest absolute Gasteiger partial charge is 0.252 e. The number of hydrogen-bond acceptors (Lipinski definition) is 2. The van der Waals surface area contributed by atoms with Crippen LogP contribution < -0.4 is 0 Å². The van der Waals surface area contributed by atoms with E-state index >= 15 is 0 Å². The average Bonchev–Trinajstić information content (AvgIpc) is 3.20. The first-order chi connectivity index (χ1) is 26.8. The second-order valence-corrected chi connectivity index (χ2v) is 16.2. The Bertz CT molecular complexity index is 1200. The maximum Gasteiger partial charge on any atom is 0.0665 e. The number of nitrogens with zero attached hydrogens (tertiary/aromatic N) is 2. The van der Waals surface area contributed by atoms with Gasteiger partial charge in [0.2, 0.25) is 0 Å². The number of unbranched alkanes of at least 4 members (excludes halogenated alkanes) is 26. The molecule has 2 rings (SSSR count). The molecular formula is C52H86N2Ni. The summed E-state index contributed by atoms with van der Waals surface area (Å²) in [4.78, 5) is 10.5. The third-order valence-electron chi connectivity index (χ3n) is 11.1. The van der Waals surface area contributed by atoms with Crippen molar-refractivity contribution in [1.29, 1.82) is 0 Å². The Hall–Kier alpha value is -1.99. The van der Waals surface area contributed by atoms with E-state index in [1.54, 1.807) is 0 Å². The molecular weight excluding hydrogens is 711 g/mol. The summed E-state index contributed by atoms with van der Waals surface area (Å²) in [5.74, 6) is 0. The predicted octanol–water partition coefficient (Wildman–Crippen LogP) is 18.2. The number of para-hydroxylation sites is 2. The minimum atomic E-state index is 0. The number of aryl methyl sites for hydroxylation is 1. The molecule has 0 spiro atoms. The Kier molecular flexibility index (Phi) is 36.1. The summed E-state index contributed by atoms with van der Waals surface area (Å²) in [6.07, 6.45) is 49.3. The SMILES string of the molecule is CCCCCCCCCCCCCCCCCCCCCCCC/C=C/CCc1ccccc1/N=C(CCCC)/C(CCCCCC)=N/c1ccccc1.[Ni]. The Balaban J connectivity index is 0.0000151. The molecule has 0 aromatic heterocycles. The van der Waals surface area contributed by atoms with Gasteiger partial charge < -0.3 is 0 Å². The molecule has 0 aliphatic heterocycles. The minimum absolute atomic E-state index is 0. The van der Waals surface area contributed by atoms with Gasteiger partial charge in [0, 0.05) is 16.5 Å². The van der Waals surface area contributed by atoms with Crippen LogP contribution in [0.25, 0.3) is 0 Å². The molecule has 0 saturated heterocycles. The average molecular weight is 798 g/mol. The normalized spacial score (nSPS) is 12.1. The zero-order valence-electron chi connectivity index (χ0n) is 36.4. The van der Waals surface area contributed by atoms with Crippen molar-refractivity contribution in [3.8, 4) is 0 Å². The minimum Gasteiger partial charge on any atom is -0.252 e. The molecule has 314 valence electrons. The Morgan fingerprint density at radius 3 is 1.33 bits per heavy atom. The summed E-state index contributed by atoms with van der Waals surface area (Å²) in [6.45, 7) is 6.86. The predicted molar refractivity (Wildman–Crippen MR) is 245 cm³/mol. The van der Waals surface area contributed by atoms with E-state index in [-0.39, 0.29) is 16.5 Å². The van der Waals surface area contributed by atoms with E-state index in [4.69, 9.17) is 9.98 Å². The van der Waals surface area contributed by atoms with Crippen LogP contribution in [0.3, 0.4) is 0 Å². The maximum absolute atomic E-state index is 5.37. The maximum atomic E-state index is 5.37. The van der Waals surface area contributed by atoms with Gasteiger partial charge in [0.1, 0.15) is 0 Å². The van der Waals surface area contributed by atoms with E-state index < -0.39 is 0 Å². The molecule has 0 unspecified atom stereocenters. The molecule has 0 amide bonds. The van der Waals surface area contributed by atoms with Gasteiger partial charge in [0.05, 0.1) is 22.8 Å². The summed E-state index contributed by atoms with van der Waals surface area (Å²) < 4.78 is 0. The van der Waals surface area contributed by atoms with Crippen molar-refractivity contribution in [3.63, 3.8) is 0 Å². The van der Waals surface area contributed by atoms with E-state index in [2.05, 4.69) is 87.5 Å². The molecule has 0 saturated carbocycles. The summed E-state index contributed by atoms with van der Waals surface area (Å²) in [6, 6.07) is 19.3. The zero-order chi connectivity index (χ0) is 38.4. The van der Waals surface area contributed by atoms with Crippen LogP contribution in [0.5, 0.6) is 0 Å². The van der Waals surface area contributed by atoms with Gasteiger partial charge in [0.25, 0.3) is 0 Å². The summed E-state index contributed by atoms with van der Waals surface area (Å²) in [5, 5.41) is 0. The molecule has 3 heteroatoms.